The van der Waals surface area contributed by atoms with Gasteiger partial charge in [0.2, 0.25) is 0 Å². The van der Waals surface area contributed by atoms with E-state index < -0.39 is 0 Å². The van der Waals surface area contributed by atoms with E-state index in [0.717, 1.165) is 42.5 Å². The van der Waals surface area contributed by atoms with Crippen LogP contribution in [-0.4, -0.2) is 23.1 Å². The van der Waals surface area contributed by atoms with Crippen molar-refractivity contribution in [1.29, 1.82) is 0 Å². The summed E-state index contributed by atoms with van der Waals surface area (Å²) < 4.78 is 0. The number of nitrogens with zero attached hydrogens (tertiary/aromatic N) is 2. The predicted molar refractivity (Wildman–Crippen MR) is 95.1 cm³/mol. The number of piperidine rings is 1. The highest BCUT2D eigenvalue weighted by molar-refractivity contribution is 6.31. The standard InChI is InChI=1S/C19H24ClN3/c1-18(2,3)17-22-11-8-16(23-17)19(9-12-21-13-10-19)14-6-4-5-7-15(14)20/h4-8,11,21H,9-10,12-13H2,1-3H3. The Kier molecular flexibility index (Phi) is 4.43. The van der Waals surface area contributed by atoms with Crippen molar-refractivity contribution in [2.24, 2.45) is 0 Å². The molecule has 1 N–H and O–H groups in total. The second-order valence-electron chi connectivity index (χ2n) is 7.33. The molecule has 122 valence electrons. The zero-order valence-electron chi connectivity index (χ0n) is 14.1. The van der Waals surface area contributed by atoms with E-state index in [4.69, 9.17) is 16.6 Å². The minimum Gasteiger partial charge on any atom is -0.317 e. The molecule has 0 radical (unpaired) electrons. The van der Waals surface area contributed by atoms with Gasteiger partial charge in [0.05, 0.1) is 5.69 Å². The number of benzene rings is 1. The first kappa shape index (κ1) is 16.4. The SMILES string of the molecule is CC(C)(C)c1nccc(C2(c3ccccc3Cl)CCNCC2)n1. The molecule has 1 fully saturated rings. The van der Waals surface area contributed by atoms with E-state index in [1.807, 2.05) is 18.3 Å². The molecule has 1 aromatic heterocycles. The molecule has 4 heteroatoms. The van der Waals surface area contributed by atoms with E-state index in [0.29, 0.717) is 0 Å². The zero-order chi connectivity index (χ0) is 16.5. The van der Waals surface area contributed by atoms with Gasteiger partial charge in [0.15, 0.2) is 0 Å². The van der Waals surface area contributed by atoms with Gasteiger partial charge in [-0.05, 0) is 43.6 Å². The molecule has 0 saturated carbocycles. The lowest BCUT2D eigenvalue weighted by Crippen LogP contribution is -2.42. The third kappa shape index (κ3) is 3.13. The maximum absolute atomic E-state index is 6.56. The average Bonchev–Trinajstić information content (AvgIpc) is 2.55. The van der Waals surface area contributed by atoms with Crippen LogP contribution in [0.2, 0.25) is 5.02 Å². The summed E-state index contributed by atoms with van der Waals surface area (Å²) in [6.07, 6.45) is 3.89. The van der Waals surface area contributed by atoms with Crippen LogP contribution in [0.25, 0.3) is 0 Å². The lowest BCUT2D eigenvalue weighted by atomic mass is 9.70. The predicted octanol–water partition coefficient (Wildman–Crippen LogP) is 4.10. The lowest BCUT2D eigenvalue weighted by Gasteiger charge is -2.38. The first-order valence-corrected chi connectivity index (χ1v) is 8.61. The molecule has 0 atom stereocenters. The van der Waals surface area contributed by atoms with Gasteiger partial charge in [0.1, 0.15) is 5.82 Å². The molecule has 0 aliphatic carbocycles. The molecule has 1 aliphatic heterocycles. The largest absolute Gasteiger partial charge is 0.317 e. The molecule has 1 aliphatic rings. The fourth-order valence-electron chi connectivity index (χ4n) is 3.35. The monoisotopic (exact) mass is 329 g/mol. The first-order chi connectivity index (χ1) is 10.9. The van der Waals surface area contributed by atoms with Crippen molar-refractivity contribution < 1.29 is 0 Å². The van der Waals surface area contributed by atoms with Gasteiger partial charge in [-0.1, -0.05) is 50.6 Å². The number of rotatable bonds is 2. The Morgan fingerprint density at radius 2 is 1.78 bits per heavy atom. The number of hydrogen-bond donors (Lipinski definition) is 1. The molecule has 2 heterocycles. The van der Waals surface area contributed by atoms with Crippen LogP contribution < -0.4 is 5.32 Å². The second-order valence-corrected chi connectivity index (χ2v) is 7.73. The number of hydrogen-bond acceptors (Lipinski definition) is 3. The average molecular weight is 330 g/mol. The van der Waals surface area contributed by atoms with Gasteiger partial charge in [-0.15, -0.1) is 0 Å². The van der Waals surface area contributed by atoms with Gasteiger partial charge in [-0.3, -0.25) is 0 Å². The van der Waals surface area contributed by atoms with E-state index in [1.165, 1.54) is 5.56 Å². The van der Waals surface area contributed by atoms with E-state index in [9.17, 15) is 0 Å². The highest BCUT2D eigenvalue weighted by Gasteiger charge is 2.39. The van der Waals surface area contributed by atoms with Crippen LogP contribution in [0.5, 0.6) is 0 Å². The Morgan fingerprint density at radius 3 is 2.43 bits per heavy atom. The molecular weight excluding hydrogens is 306 g/mol. The van der Waals surface area contributed by atoms with Crippen LogP contribution in [0.4, 0.5) is 0 Å². The number of nitrogens with one attached hydrogen (secondary N) is 1. The lowest BCUT2D eigenvalue weighted by molar-refractivity contribution is 0.351. The Morgan fingerprint density at radius 1 is 1.09 bits per heavy atom. The number of aromatic nitrogens is 2. The Labute approximate surface area is 143 Å². The highest BCUT2D eigenvalue weighted by Crippen LogP contribution is 2.42. The van der Waals surface area contributed by atoms with Gasteiger partial charge in [0.25, 0.3) is 0 Å². The van der Waals surface area contributed by atoms with Crippen LogP contribution in [-0.2, 0) is 10.8 Å². The van der Waals surface area contributed by atoms with E-state index in [-0.39, 0.29) is 10.8 Å². The van der Waals surface area contributed by atoms with E-state index >= 15 is 0 Å². The Hall–Kier alpha value is -1.45. The summed E-state index contributed by atoms with van der Waals surface area (Å²) in [7, 11) is 0. The molecule has 1 aromatic carbocycles. The molecule has 0 bridgehead atoms. The summed E-state index contributed by atoms with van der Waals surface area (Å²) in [5, 5.41) is 4.28. The quantitative estimate of drug-likeness (QED) is 0.901. The summed E-state index contributed by atoms with van der Waals surface area (Å²) in [5.41, 5.74) is 2.07. The van der Waals surface area contributed by atoms with Crippen LogP contribution in [0.15, 0.2) is 36.5 Å². The highest BCUT2D eigenvalue weighted by atomic mass is 35.5. The second kappa shape index (κ2) is 6.21. The van der Waals surface area contributed by atoms with Crippen molar-refractivity contribution in [3.05, 3.63) is 58.6 Å². The summed E-state index contributed by atoms with van der Waals surface area (Å²) in [6, 6.07) is 10.2. The molecule has 2 aromatic rings. The van der Waals surface area contributed by atoms with Gasteiger partial charge in [-0.2, -0.15) is 0 Å². The molecule has 1 saturated heterocycles. The van der Waals surface area contributed by atoms with Gasteiger partial charge in [-0.25, -0.2) is 9.97 Å². The van der Waals surface area contributed by atoms with Crippen molar-refractivity contribution in [3.63, 3.8) is 0 Å². The minimum absolute atomic E-state index is 0.0649. The third-order valence-corrected chi connectivity index (χ3v) is 4.99. The molecule has 0 spiro atoms. The maximum Gasteiger partial charge on any atom is 0.133 e. The zero-order valence-corrected chi connectivity index (χ0v) is 14.8. The van der Waals surface area contributed by atoms with Crippen molar-refractivity contribution >= 4 is 11.6 Å². The van der Waals surface area contributed by atoms with Crippen molar-refractivity contribution in [3.8, 4) is 0 Å². The smallest absolute Gasteiger partial charge is 0.133 e. The van der Waals surface area contributed by atoms with Crippen LogP contribution in [0.3, 0.4) is 0 Å². The van der Waals surface area contributed by atoms with Crippen LogP contribution in [0, 0.1) is 0 Å². The minimum atomic E-state index is -0.132. The van der Waals surface area contributed by atoms with E-state index in [2.05, 4.69) is 49.3 Å². The topological polar surface area (TPSA) is 37.8 Å². The summed E-state index contributed by atoms with van der Waals surface area (Å²) in [6.45, 7) is 8.39. The van der Waals surface area contributed by atoms with Crippen LogP contribution in [0.1, 0.15) is 50.7 Å². The molecule has 3 rings (SSSR count). The maximum atomic E-state index is 6.56. The summed E-state index contributed by atoms with van der Waals surface area (Å²) in [4.78, 5) is 9.45. The summed E-state index contributed by atoms with van der Waals surface area (Å²) in [5.74, 6) is 0.889. The van der Waals surface area contributed by atoms with Crippen molar-refractivity contribution in [2.45, 2.75) is 44.4 Å². The van der Waals surface area contributed by atoms with Crippen LogP contribution >= 0.6 is 11.6 Å². The van der Waals surface area contributed by atoms with Gasteiger partial charge >= 0.3 is 0 Å². The van der Waals surface area contributed by atoms with E-state index in [1.54, 1.807) is 0 Å². The molecule has 0 amide bonds. The Balaban J connectivity index is 2.16. The van der Waals surface area contributed by atoms with Gasteiger partial charge in [0, 0.05) is 22.0 Å². The first-order valence-electron chi connectivity index (χ1n) is 8.23. The van der Waals surface area contributed by atoms with Crippen molar-refractivity contribution in [2.75, 3.05) is 13.1 Å². The normalized spacial score (nSPS) is 17.9. The number of halogens is 1. The van der Waals surface area contributed by atoms with Gasteiger partial charge < -0.3 is 5.32 Å². The Bertz CT molecular complexity index is 685. The molecule has 3 nitrogen and oxygen atoms in total. The van der Waals surface area contributed by atoms with Crippen molar-refractivity contribution in [1.82, 2.24) is 15.3 Å². The fraction of sp³-hybridized carbons (Fsp3) is 0.474. The molecule has 23 heavy (non-hydrogen) atoms. The molecule has 0 unspecified atom stereocenters. The molecular formula is C19H24ClN3. The summed E-state index contributed by atoms with van der Waals surface area (Å²) >= 11 is 6.56. The third-order valence-electron chi connectivity index (χ3n) is 4.66. The fourth-order valence-corrected chi connectivity index (χ4v) is 3.67.